The molecule has 8 nitrogen and oxygen atoms in total. The zero-order chi connectivity index (χ0) is 18.8. The summed E-state index contributed by atoms with van der Waals surface area (Å²) >= 11 is 0. The van der Waals surface area contributed by atoms with Crippen LogP contribution in [-0.4, -0.2) is 55.0 Å². The summed E-state index contributed by atoms with van der Waals surface area (Å²) in [4.78, 5) is 19.4. The van der Waals surface area contributed by atoms with Crippen LogP contribution in [0.5, 0.6) is 0 Å². The van der Waals surface area contributed by atoms with Crippen LogP contribution in [-0.2, 0) is 18.3 Å². The zero-order valence-electron chi connectivity index (χ0n) is 15.5. The predicted molar refractivity (Wildman–Crippen MR) is 100 cm³/mol. The van der Waals surface area contributed by atoms with E-state index in [-0.39, 0.29) is 18.4 Å². The highest BCUT2D eigenvalue weighted by Gasteiger charge is 2.31. The second-order valence-corrected chi connectivity index (χ2v) is 6.75. The Balaban J connectivity index is 1.55. The van der Waals surface area contributed by atoms with Crippen molar-refractivity contribution in [2.24, 2.45) is 7.05 Å². The summed E-state index contributed by atoms with van der Waals surface area (Å²) in [6, 6.07) is 9.75. The number of nitrogens with zero attached hydrogens (tertiary/aromatic N) is 6. The van der Waals surface area contributed by atoms with Gasteiger partial charge in [-0.05, 0) is 19.1 Å². The molecule has 1 N–H and O–H groups in total. The molecule has 3 aromatic rings. The van der Waals surface area contributed by atoms with Gasteiger partial charge in [-0.2, -0.15) is 0 Å². The molecule has 0 spiro atoms. The molecule has 0 bridgehead atoms. The number of nitrogens with one attached hydrogen (secondary N) is 1. The maximum absolute atomic E-state index is 13.1. The van der Waals surface area contributed by atoms with Crippen LogP contribution in [0.25, 0.3) is 5.69 Å². The third-order valence-corrected chi connectivity index (χ3v) is 5.03. The molecule has 140 valence electrons. The number of hydrogen-bond acceptors (Lipinski definition) is 5. The van der Waals surface area contributed by atoms with Gasteiger partial charge in [0.2, 0.25) is 5.91 Å². The van der Waals surface area contributed by atoms with E-state index in [2.05, 4.69) is 20.6 Å². The maximum atomic E-state index is 13.1. The molecule has 8 heteroatoms. The van der Waals surface area contributed by atoms with Crippen LogP contribution in [0.4, 0.5) is 0 Å². The van der Waals surface area contributed by atoms with Crippen LogP contribution in [0.1, 0.15) is 23.3 Å². The Morgan fingerprint density at radius 1 is 1.30 bits per heavy atom. The lowest BCUT2D eigenvalue weighted by molar-refractivity contribution is -0.134. The number of benzene rings is 1. The summed E-state index contributed by atoms with van der Waals surface area (Å²) in [5.74, 6) is 0.938. The molecule has 1 aromatic carbocycles. The van der Waals surface area contributed by atoms with Crippen LogP contribution in [0.2, 0.25) is 0 Å². The monoisotopic (exact) mass is 365 g/mol. The molecule has 0 saturated carbocycles. The summed E-state index contributed by atoms with van der Waals surface area (Å²) in [5.41, 5.74) is 2.54. The highest BCUT2D eigenvalue weighted by molar-refractivity contribution is 5.79. The SMILES string of the molecule is Cc1c(CC(=O)N2CCNCC2c2nccn2C)nnn1-c1ccccc1. The number of amides is 1. The minimum Gasteiger partial charge on any atom is -0.336 e. The maximum Gasteiger partial charge on any atom is 0.229 e. The molecule has 1 amide bonds. The highest BCUT2D eigenvalue weighted by atomic mass is 16.2. The molecular formula is C19H23N7O. The first-order valence-corrected chi connectivity index (χ1v) is 9.09. The molecule has 1 aliphatic rings. The third kappa shape index (κ3) is 3.35. The van der Waals surface area contributed by atoms with Crippen molar-refractivity contribution in [2.45, 2.75) is 19.4 Å². The number of rotatable bonds is 4. The Morgan fingerprint density at radius 3 is 2.85 bits per heavy atom. The van der Waals surface area contributed by atoms with Crippen molar-refractivity contribution in [2.75, 3.05) is 19.6 Å². The fourth-order valence-corrected chi connectivity index (χ4v) is 3.51. The Hall–Kier alpha value is -3.00. The molecule has 3 heterocycles. The van der Waals surface area contributed by atoms with Gasteiger partial charge in [-0.25, -0.2) is 9.67 Å². The van der Waals surface area contributed by atoms with Gasteiger partial charge in [0.05, 0.1) is 23.5 Å². The Labute approximate surface area is 157 Å². The lowest BCUT2D eigenvalue weighted by Gasteiger charge is -2.35. The van der Waals surface area contributed by atoms with Gasteiger partial charge in [0, 0.05) is 39.1 Å². The van der Waals surface area contributed by atoms with Gasteiger partial charge in [0.1, 0.15) is 11.9 Å². The van der Waals surface area contributed by atoms with Gasteiger partial charge in [0.25, 0.3) is 0 Å². The van der Waals surface area contributed by atoms with E-state index in [1.165, 1.54) is 0 Å². The Morgan fingerprint density at radius 2 is 2.11 bits per heavy atom. The molecule has 1 atom stereocenters. The van der Waals surface area contributed by atoms with Crippen molar-refractivity contribution >= 4 is 5.91 Å². The molecule has 1 saturated heterocycles. The minimum absolute atomic E-state index is 0.0488. The second kappa shape index (κ2) is 7.32. The Kier molecular flexibility index (Phi) is 4.72. The van der Waals surface area contributed by atoms with E-state index in [0.717, 1.165) is 23.8 Å². The van der Waals surface area contributed by atoms with Crippen molar-refractivity contribution < 1.29 is 4.79 Å². The van der Waals surface area contributed by atoms with Gasteiger partial charge in [-0.15, -0.1) is 5.10 Å². The fraction of sp³-hybridized carbons (Fsp3) is 0.368. The van der Waals surface area contributed by atoms with E-state index in [1.807, 2.05) is 60.0 Å². The average Bonchev–Trinajstić information content (AvgIpc) is 3.28. The van der Waals surface area contributed by atoms with Crippen molar-refractivity contribution in [1.82, 2.24) is 34.8 Å². The van der Waals surface area contributed by atoms with Gasteiger partial charge < -0.3 is 14.8 Å². The molecule has 1 unspecified atom stereocenters. The van der Waals surface area contributed by atoms with E-state index in [1.54, 1.807) is 10.9 Å². The van der Waals surface area contributed by atoms with E-state index in [9.17, 15) is 4.79 Å². The summed E-state index contributed by atoms with van der Waals surface area (Å²) in [6.07, 6.45) is 3.91. The first-order valence-electron chi connectivity index (χ1n) is 9.09. The normalized spacial score (nSPS) is 17.3. The van der Waals surface area contributed by atoms with Gasteiger partial charge in [-0.1, -0.05) is 23.4 Å². The lowest BCUT2D eigenvalue weighted by atomic mass is 10.1. The first kappa shape index (κ1) is 17.4. The van der Waals surface area contributed by atoms with Gasteiger partial charge >= 0.3 is 0 Å². The lowest BCUT2D eigenvalue weighted by Crippen LogP contribution is -2.50. The second-order valence-electron chi connectivity index (χ2n) is 6.75. The number of imidazole rings is 1. The third-order valence-electron chi connectivity index (χ3n) is 5.03. The molecule has 0 radical (unpaired) electrons. The first-order chi connectivity index (χ1) is 13.1. The number of aryl methyl sites for hydroxylation is 1. The zero-order valence-corrected chi connectivity index (χ0v) is 15.5. The number of hydrogen-bond donors (Lipinski definition) is 1. The van der Waals surface area contributed by atoms with Crippen LogP contribution >= 0.6 is 0 Å². The molecule has 27 heavy (non-hydrogen) atoms. The fourth-order valence-electron chi connectivity index (χ4n) is 3.51. The molecular weight excluding hydrogens is 342 g/mol. The minimum atomic E-state index is -0.0734. The van der Waals surface area contributed by atoms with E-state index >= 15 is 0 Å². The van der Waals surface area contributed by atoms with Crippen molar-refractivity contribution in [3.05, 3.63) is 59.9 Å². The van der Waals surface area contributed by atoms with Gasteiger partial charge in [0.15, 0.2) is 0 Å². The number of para-hydroxylation sites is 1. The van der Waals surface area contributed by atoms with Crippen molar-refractivity contribution in [1.29, 1.82) is 0 Å². The van der Waals surface area contributed by atoms with Gasteiger partial charge in [-0.3, -0.25) is 4.79 Å². The van der Waals surface area contributed by atoms with E-state index in [4.69, 9.17) is 0 Å². The molecule has 4 rings (SSSR count). The summed E-state index contributed by atoms with van der Waals surface area (Å²) < 4.78 is 3.74. The van der Waals surface area contributed by atoms with E-state index < -0.39 is 0 Å². The number of carbonyl (C=O) groups excluding carboxylic acids is 1. The highest BCUT2D eigenvalue weighted by Crippen LogP contribution is 2.22. The number of carbonyl (C=O) groups is 1. The summed E-state index contributed by atoms with van der Waals surface area (Å²) in [6.45, 7) is 4.08. The number of aromatic nitrogens is 5. The van der Waals surface area contributed by atoms with Crippen LogP contribution in [0.3, 0.4) is 0 Å². The predicted octanol–water partition coefficient (Wildman–Crippen LogP) is 1.02. The van der Waals surface area contributed by atoms with E-state index in [0.29, 0.717) is 18.8 Å². The van der Waals surface area contributed by atoms with Crippen LogP contribution < -0.4 is 5.32 Å². The molecule has 2 aromatic heterocycles. The number of piperazine rings is 1. The largest absolute Gasteiger partial charge is 0.336 e. The summed E-state index contributed by atoms with van der Waals surface area (Å²) in [7, 11) is 1.95. The van der Waals surface area contributed by atoms with Crippen LogP contribution in [0, 0.1) is 6.92 Å². The molecule has 1 aliphatic heterocycles. The quantitative estimate of drug-likeness (QED) is 0.747. The van der Waals surface area contributed by atoms with Crippen molar-refractivity contribution in [3.8, 4) is 5.69 Å². The smallest absolute Gasteiger partial charge is 0.229 e. The topological polar surface area (TPSA) is 80.9 Å². The van der Waals surface area contributed by atoms with Crippen molar-refractivity contribution in [3.63, 3.8) is 0 Å². The van der Waals surface area contributed by atoms with Crippen LogP contribution in [0.15, 0.2) is 42.7 Å². The molecule has 1 fully saturated rings. The summed E-state index contributed by atoms with van der Waals surface area (Å²) in [5, 5.41) is 11.9. The Bertz CT molecular complexity index is 931. The average molecular weight is 365 g/mol. The standard InChI is InChI=1S/C19H23N7O/c1-14-16(22-23-26(14)15-6-4-3-5-7-15)12-18(27)25-11-8-20-13-17(25)19-21-9-10-24(19)2/h3-7,9-10,17,20H,8,11-13H2,1-2H3. The molecule has 0 aliphatic carbocycles.